The maximum atomic E-state index is 12.4. The third-order valence-electron chi connectivity index (χ3n) is 5.46. The smallest absolute Gasteiger partial charge is 0.308 e. The van der Waals surface area contributed by atoms with Gasteiger partial charge < -0.3 is 10.0 Å². The normalized spacial score (nSPS) is 16.7. The van der Waals surface area contributed by atoms with Crippen LogP contribution in [0.1, 0.15) is 40.9 Å². The molecule has 1 saturated heterocycles. The molecule has 0 spiro atoms. The van der Waals surface area contributed by atoms with E-state index in [9.17, 15) is 9.59 Å². The first kappa shape index (κ1) is 19.1. The summed E-state index contributed by atoms with van der Waals surface area (Å²) in [5.74, 6) is -1.20. The van der Waals surface area contributed by atoms with Crippen molar-refractivity contribution in [2.45, 2.75) is 46.6 Å². The van der Waals surface area contributed by atoms with Crippen molar-refractivity contribution in [1.82, 2.24) is 14.7 Å². The number of likely N-dealkylation sites (tertiary alicyclic amines) is 1. The number of aryl methyl sites for hydroxylation is 2. The molecule has 0 bridgehead atoms. The molecule has 1 fully saturated rings. The van der Waals surface area contributed by atoms with Crippen molar-refractivity contribution in [3.8, 4) is 0 Å². The number of benzene rings is 1. The van der Waals surface area contributed by atoms with E-state index in [0.717, 1.165) is 17.0 Å². The van der Waals surface area contributed by atoms with Crippen molar-refractivity contribution in [3.63, 3.8) is 0 Å². The van der Waals surface area contributed by atoms with Crippen LogP contribution in [0, 0.1) is 26.7 Å². The van der Waals surface area contributed by atoms with Crippen LogP contribution in [0.4, 0.5) is 0 Å². The van der Waals surface area contributed by atoms with Gasteiger partial charge >= 0.3 is 5.97 Å². The van der Waals surface area contributed by atoms with Gasteiger partial charge in [0.1, 0.15) is 0 Å². The van der Waals surface area contributed by atoms with Crippen molar-refractivity contribution < 1.29 is 14.7 Å². The number of rotatable bonds is 6. The van der Waals surface area contributed by atoms with Crippen molar-refractivity contribution in [3.05, 3.63) is 52.3 Å². The largest absolute Gasteiger partial charge is 0.481 e. The molecule has 6 heteroatoms. The Bertz CT molecular complexity index is 839. The van der Waals surface area contributed by atoms with E-state index in [0.29, 0.717) is 38.9 Å². The Kier molecular flexibility index (Phi) is 5.63. The zero-order valence-electron chi connectivity index (χ0n) is 16.2. The molecule has 2 heterocycles. The number of hydrogen-bond donors (Lipinski definition) is 1. The number of amides is 1. The monoisotopic (exact) mass is 369 g/mol. The fourth-order valence-corrected chi connectivity index (χ4v) is 3.69. The Hall–Kier alpha value is -2.63. The highest BCUT2D eigenvalue weighted by Gasteiger charge is 2.30. The maximum Gasteiger partial charge on any atom is 0.308 e. The Balaban J connectivity index is 1.62. The number of carboxylic acid groups (broad SMARTS) is 1. The molecular formula is C21H27N3O3. The molecule has 1 N–H and O–H groups in total. The van der Waals surface area contributed by atoms with E-state index in [1.165, 1.54) is 11.1 Å². The predicted molar refractivity (Wildman–Crippen MR) is 103 cm³/mol. The van der Waals surface area contributed by atoms with Gasteiger partial charge in [0.15, 0.2) is 0 Å². The highest BCUT2D eigenvalue weighted by atomic mass is 16.4. The molecule has 1 aliphatic rings. The van der Waals surface area contributed by atoms with E-state index < -0.39 is 11.9 Å². The van der Waals surface area contributed by atoms with Crippen LogP contribution in [0.3, 0.4) is 0 Å². The van der Waals surface area contributed by atoms with E-state index in [1.54, 1.807) is 4.90 Å². The van der Waals surface area contributed by atoms with Crippen molar-refractivity contribution in [2.75, 3.05) is 13.1 Å². The zero-order chi connectivity index (χ0) is 19.6. The molecular weight excluding hydrogens is 342 g/mol. The van der Waals surface area contributed by atoms with Gasteiger partial charge in [0.05, 0.1) is 18.2 Å². The van der Waals surface area contributed by atoms with Crippen LogP contribution in [0.15, 0.2) is 24.3 Å². The summed E-state index contributed by atoms with van der Waals surface area (Å²) in [5.41, 5.74) is 5.59. The highest BCUT2D eigenvalue weighted by Crippen LogP contribution is 2.20. The van der Waals surface area contributed by atoms with Crippen LogP contribution in [0.2, 0.25) is 0 Å². The molecule has 1 amide bonds. The minimum absolute atomic E-state index is 0.0313. The molecule has 1 aromatic heterocycles. The van der Waals surface area contributed by atoms with Crippen molar-refractivity contribution >= 4 is 11.9 Å². The van der Waals surface area contributed by atoms with Gasteiger partial charge in [-0.15, -0.1) is 0 Å². The number of carbonyl (C=O) groups excluding carboxylic acids is 1. The molecule has 0 saturated carbocycles. The summed E-state index contributed by atoms with van der Waals surface area (Å²) in [6.07, 6.45) is 1.58. The molecule has 3 rings (SSSR count). The number of hydrogen-bond acceptors (Lipinski definition) is 3. The number of nitrogens with zero attached hydrogens (tertiary/aromatic N) is 3. The average molecular weight is 369 g/mol. The first-order chi connectivity index (χ1) is 12.8. The average Bonchev–Trinajstić information content (AvgIpc) is 3.22. The lowest BCUT2D eigenvalue weighted by Gasteiger charge is -2.15. The number of aliphatic carboxylic acids is 1. The molecule has 2 aromatic rings. The van der Waals surface area contributed by atoms with E-state index >= 15 is 0 Å². The molecule has 6 nitrogen and oxygen atoms in total. The first-order valence-corrected chi connectivity index (χ1v) is 9.44. The summed E-state index contributed by atoms with van der Waals surface area (Å²) in [6, 6.07) is 8.42. The van der Waals surface area contributed by atoms with E-state index in [2.05, 4.69) is 36.3 Å². The van der Waals surface area contributed by atoms with Crippen LogP contribution in [-0.2, 0) is 22.6 Å². The van der Waals surface area contributed by atoms with E-state index in [1.807, 2.05) is 18.5 Å². The lowest BCUT2D eigenvalue weighted by Crippen LogP contribution is -2.30. The summed E-state index contributed by atoms with van der Waals surface area (Å²) in [6.45, 7) is 7.69. The fraction of sp³-hybridized carbons (Fsp3) is 0.476. The molecule has 0 aliphatic carbocycles. The van der Waals surface area contributed by atoms with E-state index in [-0.39, 0.29) is 5.91 Å². The van der Waals surface area contributed by atoms with Gasteiger partial charge in [-0.3, -0.25) is 14.3 Å². The second-order valence-electron chi connectivity index (χ2n) is 7.46. The van der Waals surface area contributed by atoms with Gasteiger partial charge in [0, 0.05) is 25.2 Å². The molecule has 27 heavy (non-hydrogen) atoms. The highest BCUT2D eigenvalue weighted by molar-refractivity contribution is 5.79. The van der Waals surface area contributed by atoms with Crippen LogP contribution < -0.4 is 0 Å². The Labute approximate surface area is 159 Å². The Morgan fingerprint density at radius 2 is 1.89 bits per heavy atom. The van der Waals surface area contributed by atoms with Crippen molar-refractivity contribution in [1.29, 1.82) is 0 Å². The van der Waals surface area contributed by atoms with E-state index in [4.69, 9.17) is 5.11 Å². The maximum absolute atomic E-state index is 12.4. The Morgan fingerprint density at radius 3 is 2.52 bits per heavy atom. The molecule has 1 atom stereocenters. The summed E-state index contributed by atoms with van der Waals surface area (Å²) in [4.78, 5) is 25.2. The summed E-state index contributed by atoms with van der Waals surface area (Å²) >= 11 is 0. The summed E-state index contributed by atoms with van der Waals surface area (Å²) in [7, 11) is 0. The number of aromatic nitrogens is 2. The minimum atomic E-state index is -0.811. The van der Waals surface area contributed by atoms with Gasteiger partial charge in [-0.25, -0.2) is 0 Å². The van der Waals surface area contributed by atoms with Gasteiger partial charge in [-0.1, -0.05) is 29.8 Å². The Morgan fingerprint density at radius 1 is 1.19 bits per heavy atom. The van der Waals surface area contributed by atoms with Gasteiger partial charge in [0.2, 0.25) is 5.91 Å². The summed E-state index contributed by atoms with van der Waals surface area (Å²) < 4.78 is 2.00. The quantitative estimate of drug-likeness (QED) is 0.849. The molecule has 0 radical (unpaired) electrons. The molecule has 1 unspecified atom stereocenters. The van der Waals surface area contributed by atoms with Crippen LogP contribution >= 0.6 is 0 Å². The predicted octanol–water partition coefficient (Wildman–Crippen LogP) is 2.72. The third kappa shape index (κ3) is 4.38. The number of carboxylic acids is 1. The minimum Gasteiger partial charge on any atom is -0.481 e. The SMILES string of the molecule is Cc1ccc(Cn2nc(C)c(CCC(=O)N3CCC(C(=O)O)C3)c2C)cc1. The lowest BCUT2D eigenvalue weighted by molar-refractivity contribution is -0.141. The third-order valence-corrected chi connectivity index (χ3v) is 5.46. The van der Waals surface area contributed by atoms with Crippen LogP contribution in [-0.4, -0.2) is 44.8 Å². The molecule has 1 aromatic carbocycles. The van der Waals surface area contributed by atoms with Gasteiger partial charge in [0.25, 0.3) is 0 Å². The fourth-order valence-electron chi connectivity index (χ4n) is 3.69. The summed E-state index contributed by atoms with van der Waals surface area (Å²) in [5, 5.41) is 13.7. The van der Waals surface area contributed by atoms with Crippen LogP contribution in [0.25, 0.3) is 0 Å². The van der Waals surface area contributed by atoms with Crippen LogP contribution in [0.5, 0.6) is 0 Å². The molecule has 144 valence electrons. The first-order valence-electron chi connectivity index (χ1n) is 9.44. The number of carbonyl (C=O) groups is 2. The standard InChI is InChI=1S/C21H27N3O3/c1-14-4-6-17(7-5-14)12-24-16(3)19(15(2)22-24)8-9-20(25)23-11-10-18(13-23)21(26)27/h4-7,18H,8-13H2,1-3H3,(H,26,27). The zero-order valence-corrected chi connectivity index (χ0v) is 16.2. The van der Waals surface area contributed by atoms with Gasteiger partial charge in [-0.05, 0) is 44.7 Å². The second-order valence-corrected chi connectivity index (χ2v) is 7.46. The van der Waals surface area contributed by atoms with Gasteiger partial charge in [-0.2, -0.15) is 5.10 Å². The molecule has 1 aliphatic heterocycles. The van der Waals surface area contributed by atoms with Crippen molar-refractivity contribution in [2.24, 2.45) is 5.92 Å². The lowest BCUT2D eigenvalue weighted by atomic mass is 10.1. The topological polar surface area (TPSA) is 75.4 Å². The second kappa shape index (κ2) is 7.94.